The normalized spacial score (nSPS) is 7.62. The summed E-state index contributed by atoms with van der Waals surface area (Å²) in [6.45, 7) is 5.97. The van der Waals surface area contributed by atoms with Crippen molar-refractivity contribution in [2.75, 3.05) is 7.05 Å². The maximum Gasteiger partial charge on any atom is 0.338 e. The van der Waals surface area contributed by atoms with Crippen LogP contribution >= 0.6 is 0 Å². The van der Waals surface area contributed by atoms with Gasteiger partial charge in [0.25, 0.3) is 0 Å². The van der Waals surface area contributed by atoms with E-state index in [0.717, 1.165) is 11.1 Å². The molecule has 3 N–H and O–H groups in total. The first-order valence-electron chi connectivity index (χ1n) is 6.43. The number of hydrogen-bond acceptors (Lipinski definition) is 4. The maximum atomic E-state index is 10.0. The molecule has 1 aromatic heterocycles. The molecule has 0 saturated carbocycles. The van der Waals surface area contributed by atoms with Gasteiger partial charge in [-0.15, -0.1) is 0 Å². The summed E-state index contributed by atoms with van der Waals surface area (Å²) in [4.78, 5) is 10.0. The van der Waals surface area contributed by atoms with Crippen molar-refractivity contribution in [3.05, 3.63) is 59.5 Å². The number of rotatable bonds is 1. The first-order chi connectivity index (χ1) is 10.1. The quantitative estimate of drug-likeness (QED) is 0.837. The van der Waals surface area contributed by atoms with Gasteiger partial charge in [-0.2, -0.15) is 5.26 Å². The zero-order valence-electron chi connectivity index (χ0n) is 12.8. The van der Waals surface area contributed by atoms with E-state index in [1.54, 1.807) is 6.07 Å². The van der Waals surface area contributed by atoms with E-state index in [9.17, 15) is 4.79 Å². The Morgan fingerprint density at radius 2 is 1.90 bits per heavy atom. The van der Waals surface area contributed by atoms with Gasteiger partial charge in [-0.25, -0.2) is 4.79 Å². The molecule has 114 valence electrons. The second kappa shape index (κ2) is 13.8. The zero-order valence-corrected chi connectivity index (χ0v) is 12.8. The van der Waals surface area contributed by atoms with E-state index in [0.29, 0.717) is 0 Å². The summed E-state index contributed by atoms with van der Waals surface area (Å²) in [5.74, 6) is -0.959. The molecule has 2 aromatic rings. The molecule has 0 aliphatic carbocycles. The Morgan fingerprint density at radius 1 is 1.29 bits per heavy atom. The van der Waals surface area contributed by atoms with Crippen LogP contribution in [0.5, 0.6) is 0 Å². The predicted molar refractivity (Wildman–Crippen MR) is 83.0 cm³/mol. The Balaban J connectivity index is 0. The smallest absolute Gasteiger partial charge is 0.338 e. The van der Waals surface area contributed by atoms with E-state index in [4.69, 9.17) is 10.4 Å². The summed E-state index contributed by atoms with van der Waals surface area (Å²) in [7, 11) is 1.50. The van der Waals surface area contributed by atoms with E-state index in [-0.39, 0.29) is 5.56 Å². The number of nitrogens with zero attached hydrogens (tertiary/aromatic N) is 1. The summed E-state index contributed by atoms with van der Waals surface area (Å²) in [5, 5.41) is 16.6. The van der Waals surface area contributed by atoms with Crippen LogP contribution in [0.25, 0.3) is 0 Å². The molecule has 0 atom stereocenters. The molecule has 1 heterocycles. The summed E-state index contributed by atoms with van der Waals surface area (Å²) >= 11 is 0. The SMILES string of the molecule is CC.CN.Cc1cccc(C#N)c1.O=C(O)c1ccoc1. The minimum absolute atomic E-state index is 0.185. The van der Waals surface area contributed by atoms with Crippen molar-refractivity contribution in [1.29, 1.82) is 5.26 Å². The Hall–Kier alpha value is -2.58. The molecular formula is C16H22N2O3. The van der Waals surface area contributed by atoms with Crippen LogP contribution in [0.4, 0.5) is 0 Å². The van der Waals surface area contributed by atoms with Crippen LogP contribution in [0.2, 0.25) is 0 Å². The minimum atomic E-state index is -0.959. The Morgan fingerprint density at radius 3 is 2.19 bits per heavy atom. The van der Waals surface area contributed by atoms with E-state index in [1.165, 1.54) is 25.6 Å². The van der Waals surface area contributed by atoms with Crippen molar-refractivity contribution >= 4 is 5.97 Å². The molecule has 0 fully saturated rings. The highest BCUT2D eigenvalue weighted by atomic mass is 16.4. The van der Waals surface area contributed by atoms with Gasteiger partial charge in [0.05, 0.1) is 23.5 Å². The molecule has 0 unspecified atom stereocenters. The molecule has 2 rings (SSSR count). The highest BCUT2D eigenvalue weighted by molar-refractivity contribution is 5.86. The highest BCUT2D eigenvalue weighted by Crippen LogP contribution is 2.00. The number of aromatic carboxylic acids is 1. The second-order valence-electron chi connectivity index (χ2n) is 3.30. The molecular weight excluding hydrogens is 268 g/mol. The molecule has 0 saturated heterocycles. The van der Waals surface area contributed by atoms with Gasteiger partial charge >= 0.3 is 5.97 Å². The number of nitriles is 1. The van der Waals surface area contributed by atoms with E-state index >= 15 is 0 Å². The van der Waals surface area contributed by atoms with Gasteiger partial charge in [0.1, 0.15) is 6.26 Å². The molecule has 0 aliphatic rings. The number of carbonyl (C=O) groups is 1. The first kappa shape index (κ1) is 20.7. The third kappa shape index (κ3) is 9.93. The van der Waals surface area contributed by atoms with Crippen molar-refractivity contribution in [3.63, 3.8) is 0 Å². The zero-order chi connectivity index (χ0) is 16.7. The van der Waals surface area contributed by atoms with Crippen LogP contribution in [0.1, 0.15) is 35.3 Å². The first-order valence-corrected chi connectivity index (χ1v) is 6.43. The van der Waals surface area contributed by atoms with Crippen molar-refractivity contribution in [3.8, 4) is 6.07 Å². The van der Waals surface area contributed by atoms with Crippen LogP contribution < -0.4 is 5.73 Å². The van der Waals surface area contributed by atoms with Gasteiger partial charge in [0, 0.05) is 0 Å². The number of carboxylic acid groups (broad SMARTS) is 1. The molecule has 0 aliphatic heterocycles. The number of benzene rings is 1. The summed E-state index contributed by atoms with van der Waals surface area (Å²) in [5.41, 5.74) is 6.55. The maximum absolute atomic E-state index is 10.0. The van der Waals surface area contributed by atoms with Crippen LogP contribution in [0.15, 0.2) is 47.3 Å². The Bertz CT molecular complexity index is 529. The lowest BCUT2D eigenvalue weighted by atomic mass is 10.2. The lowest BCUT2D eigenvalue weighted by Crippen LogP contribution is -1.90. The lowest BCUT2D eigenvalue weighted by molar-refractivity contribution is 0.0696. The van der Waals surface area contributed by atoms with Crippen LogP contribution in [-0.4, -0.2) is 18.1 Å². The Kier molecular flexibility index (Phi) is 13.7. The molecule has 0 bridgehead atoms. The van der Waals surface area contributed by atoms with Crippen LogP contribution in [0.3, 0.4) is 0 Å². The van der Waals surface area contributed by atoms with Crippen LogP contribution in [-0.2, 0) is 0 Å². The number of nitrogens with two attached hydrogens (primary N) is 1. The average molecular weight is 290 g/mol. The van der Waals surface area contributed by atoms with Gasteiger partial charge in [-0.1, -0.05) is 26.0 Å². The second-order valence-corrected chi connectivity index (χ2v) is 3.30. The Labute approximate surface area is 125 Å². The van der Waals surface area contributed by atoms with Gasteiger partial charge in [-0.3, -0.25) is 0 Å². The number of hydrogen-bond donors (Lipinski definition) is 2. The highest BCUT2D eigenvalue weighted by Gasteiger charge is 2.00. The fourth-order valence-corrected chi connectivity index (χ4v) is 1.10. The van der Waals surface area contributed by atoms with Gasteiger partial charge in [0.15, 0.2) is 0 Å². The van der Waals surface area contributed by atoms with Gasteiger partial charge in [0.2, 0.25) is 0 Å². The third-order valence-corrected chi connectivity index (χ3v) is 1.92. The molecule has 0 spiro atoms. The summed E-state index contributed by atoms with van der Waals surface area (Å²) in [6, 6.07) is 11.0. The van der Waals surface area contributed by atoms with Crippen molar-refractivity contribution in [2.45, 2.75) is 20.8 Å². The monoisotopic (exact) mass is 290 g/mol. The summed E-state index contributed by atoms with van der Waals surface area (Å²) < 4.78 is 4.49. The summed E-state index contributed by atoms with van der Waals surface area (Å²) in [6.07, 6.45) is 2.51. The molecule has 5 heteroatoms. The molecule has 0 amide bonds. The third-order valence-electron chi connectivity index (χ3n) is 1.92. The average Bonchev–Trinajstić information content (AvgIpc) is 3.06. The largest absolute Gasteiger partial charge is 0.478 e. The fourth-order valence-electron chi connectivity index (χ4n) is 1.10. The molecule has 21 heavy (non-hydrogen) atoms. The van der Waals surface area contributed by atoms with Crippen molar-refractivity contribution in [1.82, 2.24) is 0 Å². The minimum Gasteiger partial charge on any atom is -0.478 e. The predicted octanol–water partition coefficient (Wildman–Crippen LogP) is 3.45. The van der Waals surface area contributed by atoms with E-state index in [1.807, 2.05) is 39.0 Å². The fraction of sp³-hybridized carbons (Fsp3) is 0.250. The molecule has 5 nitrogen and oxygen atoms in total. The number of furan rings is 1. The molecule has 0 radical (unpaired) electrons. The standard InChI is InChI=1S/C8H7N.C5H4O3.C2H6.CH5N/c1-7-3-2-4-8(5-7)6-9;6-5(7)4-1-2-8-3-4;2*1-2/h2-5H,1H3;1-3H,(H,6,7);1-2H3;2H2,1H3. The van der Waals surface area contributed by atoms with Crippen molar-refractivity contribution < 1.29 is 14.3 Å². The number of aryl methyl sites for hydroxylation is 1. The van der Waals surface area contributed by atoms with E-state index < -0.39 is 5.97 Å². The molecule has 1 aromatic carbocycles. The van der Waals surface area contributed by atoms with Crippen molar-refractivity contribution in [2.24, 2.45) is 5.73 Å². The van der Waals surface area contributed by atoms with Crippen LogP contribution in [0, 0.1) is 18.3 Å². The van der Waals surface area contributed by atoms with Gasteiger partial charge < -0.3 is 15.3 Å². The van der Waals surface area contributed by atoms with E-state index in [2.05, 4.69) is 16.2 Å². The lowest BCUT2D eigenvalue weighted by Gasteiger charge is -1.88. The van der Waals surface area contributed by atoms with Gasteiger partial charge in [-0.05, 0) is 37.7 Å². The number of carboxylic acids is 1. The topological polar surface area (TPSA) is 100 Å².